The minimum atomic E-state index is -1.11. The highest BCUT2D eigenvalue weighted by Crippen LogP contribution is 2.34. The van der Waals surface area contributed by atoms with E-state index in [4.69, 9.17) is 15.1 Å². The Hall–Kier alpha value is -4.31. The van der Waals surface area contributed by atoms with E-state index in [2.05, 4.69) is 5.32 Å². The molecule has 0 radical (unpaired) electrons. The number of carbonyl (C=O) groups is 2. The van der Waals surface area contributed by atoms with E-state index in [1.807, 2.05) is 6.07 Å². The van der Waals surface area contributed by atoms with Crippen LogP contribution in [0.5, 0.6) is 5.75 Å². The summed E-state index contributed by atoms with van der Waals surface area (Å²) >= 11 is 0. The number of fused-ring (bicyclic) bond motifs is 1. The second-order valence-corrected chi connectivity index (χ2v) is 6.40. The number of nitrogens with zero attached hydrogens (tertiary/aromatic N) is 1. The van der Waals surface area contributed by atoms with Gasteiger partial charge in [0.25, 0.3) is 0 Å². The fourth-order valence-electron chi connectivity index (χ4n) is 3.02. The molecule has 150 valence electrons. The van der Waals surface area contributed by atoms with Crippen LogP contribution in [0.15, 0.2) is 72.8 Å². The summed E-state index contributed by atoms with van der Waals surface area (Å²) in [6.45, 7) is 0. The predicted octanol–water partition coefficient (Wildman–Crippen LogP) is 4.74. The number of aromatic hydroxyl groups is 1. The van der Waals surface area contributed by atoms with Gasteiger partial charge in [-0.05, 0) is 35.7 Å². The Morgan fingerprint density at radius 1 is 1.07 bits per heavy atom. The Bertz CT molecular complexity index is 1150. The molecule has 3 aromatic carbocycles. The summed E-state index contributed by atoms with van der Waals surface area (Å²) < 4.78 is 5.59. The van der Waals surface area contributed by atoms with Gasteiger partial charge in [0.2, 0.25) is 0 Å². The molecule has 0 aromatic heterocycles. The van der Waals surface area contributed by atoms with Crippen molar-refractivity contribution in [2.75, 3.05) is 5.32 Å². The Labute approximate surface area is 172 Å². The quantitative estimate of drug-likeness (QED) is 0.512. The highest BCUT2D eigenvalue weighted by atomic mass is 16.6. The Kier molecular flexibility index (Phi) is 6.30. The van der Waals surface area contributed by atoms with Crippen LogP contribution in [0.1, 0.15) is 23.7 Å². The van der Waals surface area contributed by atoms with Crippen LogP contribution >= 0.6 is 0 Å². The van der Waals surface area contributed by atoms with E-state index < -0.39 is 18.2 Å². The maximum absolute atomic E-state index is 12.5. The number of benzene rings is 3. The van der Waals surface area contributed by atoms with Crippen molar-refractivity contribution in [2.45, 2.75) is 12.5 Å². The van der Waals surface area contributed by atoms with Crippen molar-refractivity contribution in [1.29, 1.82) is 5.26 Å². The Morgan fingerprint density at radius 3 is 2.43 bits per heavy atom. The summed E-state index contributed by atoms with van der Waals surface area (Å²) in [6.07, 6.45) is 0.998. The largest absolute Gasteiger partial charge is 0.507 e. The molecule has 0 aliphatic carbocycles. The molecule has 0 aliphatic rings. The molecule has 0 saturated carbocycles. The van der Waals surface area contributed by atoms with Crippen molar-refractivity contribution in [3.8, 4) is 11.8 Å². The smallest absolute Gasteiger partial charge is 0.412 e. The number of hydrogen-bond acceptors (Lipinski definition) is 5. The van der Waals surface area contributed by atoms with E-state index in [0.717, 1.165) is 6.08 Å². The van der Waals surface area contributed by atoms with Gasteiger partial charge in [-0.25, -0.2) is 9.59 Å². The van der Waals surface area contributed by atoms with Crippen molar-refractivity contribution in [2.24, 2.45) is 0 Å². The summed E-state index contributed by atoms with van der Waals surface area (Å²) in [6, 6.07) is 18.6. The SMILES string of the molecule is N#Cc1ccc(NC(=O)O[C@H](C/C=C/C(=O)O)c2ccc(O)c3ccccc23)cc1. The highest BCUT2D eigenvalue weighted by molar-refractivity contribution is 5.91. The third kappa shape index (κ3) is 4.94. The van der Waals surface area contributed by atoms with Crippen LogP contribution in [0.25, 0.3) is 10.8 Å². The zero-order chi connectivity index (χ0) is 21.5. The van der Waals surface area contributed by atoms with E-state index >= 15 is 0 Å². The van der Waals surface area contributed by atoms with Gasteiger partial charge in [-0.3, -0.25) is 5.32 Å². The number of phenols is 1. The number of phenolic OH excluding ortho intramolecular Hbond substituents is 1. The highest BCUT2D eigenvalue weighted by Gasteiger charge is 2.19. The summed E-state index contributed by atoms with van der Waals surface area (Å²) in [5, 5.41) is 31.7. The van der Waals surface area contributed by atoms with Crippen molar-refractivity contribution in [1.82, 2.24) is 0 Å². The van der Waals surface area contributed by atoms with Crippen LogP contribution in [0, 0.1) is 11.3 Å². The Balaban J connectivity index is 1.87. The normalized spacial score (nSPS) is 11.7. The molecule has 7 nitrogen and oxygen atoms in total. The topological polar surface area (TPSA) is 120 Å². The number of carboxylic acid groups (broad SMARTS) is 1. The van der Waals surface area contributed by atoms with Gasteiger partial charge in [-0.15, -0.1) is 0 Å². The fraction of sp³-hybridized carbons (Fsp3) is 0.0870. The molecule has 1 amide bonds. The third-order valence-electron chi connectivity index (χ3n) is 4.40. The number of rotatable bonds is 6. The van der Waals surface area contributed by atoms with Gasteiger partial charge in [0.15, 0.2) is 0 Å². The molecule has 0 saturated heterocycles. The van der Waals surface area contributed by atoms with E-state index in [-0.39, 0.29) is 12.2 Å². The molecule has 0 bridgehead atoms. The lowest BCUT2D eigenvalue weighted by atomic mass is 9.97. The molecular formula is C23H18N2O5. The maximum atomic E-state index is 12.5. The number of ether oxygens (including phenoxy) is 1. The molecular weight excluding hydrogens is 384 g/mol. The number of carboxylic acids is 1. The molecule has 3 aromatic rings. The second-order valence-electron chi connectivity index (χ2n) is 6.40. The third-order valence-corrected chi connectivity index (χ3v) is 4.40. The number of nitriles is 1. The zero-order valence-corrected chi connectivity index (χ0v) is 15.8. The lowest BCUT2D eigenvalue weighted by Crippen LogP contribution is -2.17. The van der Waals surface area contributed by atoms with Gasteiger partial charge in [0.05, 0.1) is 11.6 Å². The van der Waals surface area contributed by atoms with Crippen LogP contribution in [-0.2, 0) is 9.53 Å². The van der Waals surface area contributed by atoms with Gasteiger partial charge in [0.1, 0.15) is 11.9 Å². The number of aliphatic carboxylic acids is 1. The van der Waals surface area contributed by atoms with Crippen molar-refractivity contribution in [3.63, 3.8) is 0 Å². The molecule has 1 atom stereocenters. The van der Waals surface area contributed by atoms with Crippen LogP contribution in [-0.4, -0.2) is 22.3 Å². The molecule has 30 heavy (non-hydrogen) atoms. The second kappa shape index (κ2) is 9.26. The van der Waals surface area contributed by atoms with Gasteiger partial charge >= 0.3 is 12.1 Å². The van der Waals surface area contributed by atoms with Crippen LogP contribution in [0.3, 0.4) is 0 Å². The number of amides is 1. The van der Waals surface area contributed by atoms with Crippen molar-refractivity contribution >= 4 is 28.5 Å². The van der Waals surface area contributed by atoms with E-state index in [9.17, 15) is 14.7 Å². The van der Waals surface area contributed by atoms with Crippen LogP contribution in [0.4, 0.5) is 10.5 Å². The fourth-order valence-corrected chi connectivity index (χ4v) is 3.02. The first kappa shape index (κ1) is 20.4. The van der Waals surface area contributed by atoms with Gasteiger partial charge < -0.3 is 14.9 Å². The molecule has 3 rings (SSSR count). The minimum Gasteiger partial charge on any atom is -0.507 e. The first-order valence-electron chi connectivity index (χ1n) is 9.06. The monoisotopic (exact) mass is 402 g/mol. The van der Waals surface area contributed by atoms with Gasteiger partial charge in [-0.1, -0.05) is 36.4 Å². The molecule has 0 spiro atoms. The number of anilines is 1. The van der Waals surface area contributed by atoms with Crippen molar-refractivity contribution in [3.05, 3.63) is 83.9 Å². The lowest BCUT2D eigenvalue weighted by molar-refractivity contribution is -0.131. The average molecular weight is 402 g/mol. The first-order valence-corrected chi connectivity index (χ1v) is 9.06. The molecule has 0 unspecified atom stereocenters. The van der Waals surface area contributed by atoms with E-state index in [1.165, 1.54) is 12.1 Å². The van der Waals surface area contributed by atoms with Crippen LogP contribution in [0.2, 0.25) is 0 Å². The van der Waals surface area contributed by atoms with E-state index in [0.29, 0.717) is 27.6 Å². The van der Waals surface area contributed by atoms with E-state index in [1.54, 1.807) is 54.6 Å². The van der Waals surface area contributed by atoms with Gasteiger partial charge in [0, 0.05) is 29.1 Å². The lowest BCUT2D eigenvalue weighted by Gasteiger charge is -2.19. The maximum Gasteiger partial charge on any atom is 0.412 e. The molecule has 3 N–H and O–H groups in total. The number of carbonyl (C=O) groups excluding carboxylic acids is 1. The number of hydrogen-bond donors (Lipinski definition) is 3. The van der Waals surface area contributed by atoms with Crippen LogP contribution < -0.4 is 5.32 Å². The molecule has 0 aliphatic heterocycles. The minimum absolute atomic E-state index is 0.0937. The molecule has 0 fully saturated rings. The average Bonchev–Trinajstić information content (AvgIpc) is 2.74. The number of nitrogens with one attached hydrogen (secondary N) is 1. The summed E-state index contributed by atoms with van der Waals surface area (Å²) in [5.74, 6) is -1.01. The first-order chi connectivity index (χ1) is 14.5. The standard InChI is InChI=1S/C23H18N2O5/c24-14-15-8-10-16(11-9-15)25-23(29)30-21(6-3-7-22(27)28)19-12-13-20(26)18-5-2-1-4-17(18)19/h1-5,7-13,21,26H,6H2,(H,25,29)(H,27,28)/b7-3+/t21-/m1/s1. The summed E-state index contributed by atoms with van der Waals surface area (Å²) in [4.78, 5) is 23.3. The Morgan fingerprint density at radius 2 is 1.77 bits per heavy atom. The zero-order valence-electron chi connectivity index (χ0n) is 15.8. The summed E-state index contributed by atoms with van der Waals surface area (Å²) in [5.41, 5.74) is 1.55. The molecule has 0 heterocycles. The van der Waals surface area contributed by atoms with Gasteiger partial charge in [-0.2, -0.15) is 5.26 Å². The summed E-state index contributed by atoms with van der Waals surface area (Å²) in [7, 11) is 0. The molecule has 7 heteroatoms. The predicted molar refractivity (Wildman–Crippen MR) is 111 cm³/mol. The van der Waals surface area contributed by atoms with Crippen molar-refractivity contribution < 1.29 is 24.5 Å².